The van der Waals surface area contributed by atoms with Crippen LogP contribution in [0.2, 0.25) is 0 Å². The molecule has 3 unspecified atom stereocenters. The van der Waals surface area contributed by atoms with Crippen LogP contribution in [0.4, 0.5) is 8.78 Å². The summed E-state index contributed by atoms with van der Waals surface area (Å²) < 4.78 is 27.0. The molecule has 8 atom stereocenters. The summed E-state index contributed by atoms with van der Waals surface area (Å²) in [7, 11) is 0. The van der Waals surface area contributed by atoms with Crippen LogP contribution in [0.15, 0.2) is 11.7 Å². The number of hydrogen-bond donors (Lipinski definition) is 2. The molecule has 0 radical (unpaired) electrons. The monoisotopic (exact) mass is 464 g/mol. The van der Waals surface area contributed by atoms with E-state index in [0.717, 1.165) is 18.8 Å². The fourth-order valence-electron chi connectivity index (χ4n) is 8.24. The maximum absolute atomic E-state index is 13.5. The van der Waals surface area contributed by atoms with Gasteiger partial charge in [0.15, 0.2) is 0 Å². The number of hydrogen-bond acceptors (Lipinski definition) is 2. The van der Waals surface area contributed by atoms with Crippen molar-refractivity contribution < 1.29 is 18.4 Å². The van der Waals surface area contributed by atoms with E-state index in [1.807, 2.05) is 6.92 Å². The molecule has 2 N–H and O–H groups in total. The molecule has 186 valence electrons. The Hall–Kier alpha value is -1.46. The van der Waals surface area contributed by atoms with Crippen molar-refractivity contribution in [3.05, 3.63) is 11.7 Å². The van der Waals surface area contributed by atoms with E-state index in [-0.39, 0.29) is 29.4 Å². The van der Waals surface area contributed by atoms with E-state index in [1.165, 1.54) is 38.5 Å². The zero-order valence-corrected chi connectivity index (χ0v) is 20.8. The van der Waals surface area contributed by atoms with Gasteiger partial charge in [-0.3, -0.25) is 9.59 Å². The Balaban J connectivity index is 1.50. The van der Waals surface area contributed by atoms with Crippen molar-refractivity contribution in [2.75, 3.05) is 0 Å². The maximum Gasteiger partial charge on any atom is 0.271 e. The van der Waals surface area contributed by atoms with Gasteiger partial charge in [0.2, 0.25) is 11.8 Å². The number of fused-ring (bicyclic) bond motifs is 5. The Morgan fingerprint density at radius 3 is 2.61 bits per heavy atom. The number of carbonyl (C=O) groups is 2. The van der Waals surface area contributed by atoms with Crippen LogP contribution in [0.3, 0.4) is 0 Å². The van der Waals surface area contributed by atoms with Crippen LogP contribution in [0, 0.1) is 34.5 Å². The largest absolute Gasteiger partial charge is 0.352 e. The van der Waals surface area contributed by atoms with Crippen LogP contribution in [-0.4, -0.2) is 23.9 Å². The molecular weight excluding hydrogens is 422 g/mol. The van der Waals surface area contributed by atoms with Crippen molar-refractivity contribution in [2.24, 2.45) is 34.5 Å². The van der Waals surface area contributed by atoms with E-state index in [1.54, 1.807) is 6.92 Å². The molecule has 0 aromatic carbocycles. The average molecular weight is 465 g/mol. The summed E-state index contributed by atoms with van der Waals surface area (Å²) >= 11 is 0. The lowest BCUT2D eigenvalue weighted by Gasteiger charge is -2.60. The topological polar surface area (TPSA) is 58.2 Å². The first-order valence-electron chi connectivity index (χ1n) is 13.3. The van der Waals surface area contributed by atoms with Crippen molar-refractivity contribution in [2.45, 2.75) is 110 Å². The van der Waals surface area contributed by atoms with Crippen LogP contribution in [0.25, 0.3) is 0 Å². The quantitative estimate of drug-likeness (QED) is 0.476. The predicted octanol–water partition coefficient (Wildman–Crippen LogP) is 5.97. The third kappa shape index (κ3) is 4.36. The lowest BCUT2D eigenvalue weighted by atomic mass is 9.47. The molecule has 4 nitrogen and oxygen atoms in total. The van der Waals surface area contributed by atoms with E-state index >= 15 is 0 Å². The van der Waals surface area contributed by atoms with Gasteiger partial charge < -0.3 is 10.6 Å². The molecule has 1 saturated heterocycles. The molecule has 1 heterocycles. The third-order valence-electron chi connectivity index (χ3n) is 10.2. The minimum Gasteiger partial charge on any atom is -0.352 e. The van der Waals surface area contributed by atoms with Gasteiger partial charge in [-0.15, -0.1) is 0 Å². The van der Waals surface area contributed by atoms with Gasteiger partial charge in [0.05, 0.1) is 6.04 Å². The highest BCUT2D eigenvalue weighted by Gasteiger charge is 2.60. The molecule has 33 heavy (non-hydrogen) atoms. The van der Waals surface area contributed by atoms with Crippen LogP contribution in [-0.2, 0) is 9.59 Å². The van der Waals surface area contributed by atoms with Gasteiger partial charge in [0, 0.05) is 11.6 Å². The first-order chi connectivity index (χ1) is 15.6. The van der Waals surface area contributed by atoms with Gasteiger partial charge in [-0.05, 0) is 93.3 Å². The molecule has 2 amide bonds. The smallest absolute Gasteiger partial charge is 0.271 e. The second kappa shape index (κ2) is 9.30. The molecule has 0 bridgehead atoms. The number of rotatable bonds is 6. The molecule has 0 aromatic heterocycles. The second-order valence-corrected chi connectivity index (χ2v) is 12.0. The van der Waals surface area contributed by atoms with Gasteiger partial charge >= 0.3 is 0 Å². The molecule has 3 aliphatic carbocycles. The number of unbranched alkanes of at least 4 members (excludes halogenated alkanes) is 1. The molecule has 1 aliphatic heterocycles. The Morgan fingerprint density at radius 2 is 1.91 bits per heavy atom. The molecule has 4 rings (SSSR count). The normalized spacial score (nSPS) is 40.7. The minimum atomic E-state index is -1.71. The van der Waals surface area contributed by atoms with Crippen molar-refractivity contribution in [3.8, 4) is 0 Å². The maximum atomic E-state index is 13.5. The average Bonchev–Trinajstić information content (AvgIpc) is 3.15. The van der Waals surface area contributed by atoms with Crippen molar-refractivity contribution in [1.29, 1.82) is 0 Å². The van der Waals surface area contributed by atoms with E-state index in [4.69, 9.17) is 0 Å². The fourth-order valence-corrected chi connectivity index (χ4v) is 8.24. The summed E-state index contributed by atoms with van der Waals surface area (Å²) in [6.45, 7) is 8.32. The summed E-state index contributed by atoms with van der Waals surface area (Å²) in [4.78, 5) is 26.1. The molecule has 0 aromatic rings. The van der Waals surface area contributed by atoms with Crippen molar-refractivity contribution in [1.82, 2.24) is 10.6 Å². The SMILES string of the molecule is CCCCC(=C(F)F)C(C)NC(=O)C1C[C@@]2(C)C(CC[C@@H]3[C@H]2CC[C@]2(C)CCC[C@@H]32)NC1=O. The molecule has 3 saturated carbocycles. The predicted molar refractivity (Wildman–Crippen MR) is 125 cm³/mol. The van der Waals surface area contributed by atoms with Gasteiger partial charge in [0.25, 0.3) is 6.08 Å². The fraction of sp³-hybridized carbons (Fsp3) is 0.852. The first kappa shape index (κ1) is 24.7. The number of nitrogens with one attached hydrogen (secondary N) is 2. The van der Waals surface area contributed by atoms with Crippen LogP contribution in [0.1, 0.15) is 98.3 Å². The lowest BCUT2D eigenvalue weighted by molar-refractivity contribution is -0.151. The second-order valence-electron chi connectivity index (χ2n) is 12.0. The lowest BCUT2D eigenvalue weighted by Crippen LogP contribution is -2.64. The third-order valence-corrected chi connectivity index (χ3v) is 10.2. The number of halogens is 2. The van der Waals surface area contributed by atoms with E-state index in [2.05, 4.69) is 24.5 Å². The number of piperidine rings is 1. The molecular formula is C27H42F2N2O2. The summed E-state index contributed by atoms with van der Waals surface area (Å²) in [6.07, 6.45) is 9.07. The summed E-state index contributed by atoms with van der Waals surface area (Å²) in [5, 5.41) is 5.95. The molecule has 4 aliphatic rings. The number of amides is 2. The van der Waals surface area contributed by atoms with Crippen LogP contribution >= 0.6 is 0 Å². The zero-order chi connectivity index (χ0) is 24.0. The molecule has 6 heteroatoms. The zero-order valence-electron chi connectivity index (χ0n) is 20.8. The Labute approximate surface area is 197 Å². The highest BCUT2D eigenvalue weighted by Crippen LogP contribution is 2.64. The Kier molecular flexibility index (Phi) is 6.95. The first-order valence-corrected chi connectivity index (χ1v) is 13.3. The minimum absolute atomic E-state index is 0.0176. The number of carbonyl (C=O) groups excluding carboxylic acids is 2. The van der Waals surface area contributed by atoms with Gasteiger partial charge in [0.1, 0.15) is 5.92 Å². The van der Waals surface area contributed by atoms with Gasteiger partial charge in [-0.2, -0.15) is 8.78 Å². The summed E-state index contributed by atoms with van der Waals surface area (Å²) in [5.41, 5.74) is 0.334. The highest BCUT2D eigenvalue weighted by atomic mass is 19.3. The molecule has 4 fully saturated rings. The Bertz CT molecular complexity index is 810. The standard InChI is InChI=1S/C27H42F2N2O2/c1-5-6-8-17(23(28)29)16(2)30-24(32)19-15-27(4)21-12-14-26(3)13-7-9-20(26)18(21)10-11-22(27)31-25(19)33/h16,18-22H,5-15H2,1-4H3,(H,30,32)(H,31,33)/t16?,18-,19?,20-,21+,22?,26-,27+/m0/s1. The van der Waals surface area contributed by atoms with Crippen molar-refractivity contribution in [3.63, 3.8) is 0 Å². The van der Waals surface area contributed by atoms with Crippen molar-refractivity contribution >= 4 is 11.8 Å². The van der Waals surface area contributed by atoms with Gasteiger partial charge in [-0.1, -0.05) is 33.6 Å². The van der Waals surface area contributed by atoms with Crippen LogP contribution < -0.4 is 10.6 Å². The van der Waals surface area contributed by atoms with Gasteiger partial charge in [-0.25, -0.2) is 0 Å². The van der Waals surface area contributed by atoms with E-state index in [0.29, 0.717) is 30.1 Å². The Morgan fingerprint density at radius 1 is 1.15 bits per heavy atom. The highest BCUT2D eigenvalue weighted by molar-refractivity contribution is 6.01. The summed E-state index contributed by atoms with van der Waals surface area (Å²) in [6, 6.07) is -0.651. The molecule has 0 spiro atoms. The van der Waals surface area contributed by atoms with E-state index < -0.39 is 23.9 Å². The van der Waals surface area contributed by atoms with Crippen LogP contribution in [0.5, 0.6) is 0 Å². The van der Waals surface area contributed by atoms with E-state index in [9.17, 15) is 18.4 Å². The summed E-state index contributed by atoms with van der Waals surface area (Å²) in [5.74, 6) is 0.510.